The van der Waals surface area contributed by atoms with Crippen LogP contribution in [0.5, 0.6) is 0 Å². The van der Waals surface area contributed by atoms with Gasteiger partial charge in [-0.3, -0.25) is 9.59 Å². The van der Waals surface area contributed by atoms with Gasteiger partial charge in [-0.15, -0.1) is 0 Å². The third-order valence-electron chi connectivity index (χ3n) is 6.40. The molecule has 2 amide bonds. The lowest BCUT2D eigenvalue weighted by Gasteiger charge is -2.30. The number of nitrogens with one attached hydrogen (secondary N) is 1. The highest BCUT2D eigenvalue weighted by Crippen LogP contribution is 2.44. The molecule has 168 valence electrons. The Kier molecular flexibility index (Phi) is 6.44. The lowest BCUT2D eigenvalue weighted by molar-refractivity contribution is -0.146. The minimum Gasteiger partial charge on any atom is -0.480 e. The summed E-state index contributed by atoms with van der Waals surface area (Å²) < 4.78 is 5.51. The Morgan fingerprint density at radius 1 is 1.03 bits per heavy atom. The molecule has 2 N–H and O–H groups in total. The molecule has 0 saturated heterocycles. The van der Waals surface area contributed by atoms with Crippen molar-refractivity contribution < 1.29 is 24.2 Å². The Morgan fingerprint density at radius 3 is 2.16 bits per heavy atom. The number of carbonyl (C=O) groups excluding carboxylic acids is 2. The van der Waals surface area contributed by atoms with Gasteiger partial charge in [0.15, 0.2) is 0 Å². The normalized spacial score (nSPS) is 16.2. The van der Waals surface area contributed by atoms with Gasteiger partial charge in [0.2, 0.25) is 5.91 Å². The predicted octanol–water partition coefficient (Wildman–Crippen LogP) is 3.77. The van der Waals surface area contributed by atoms with Gasteiger partial charge in [-0.05, 0) is 42.0 Å². The first-order chi connectivity index (χ1) is 15.5. The van der Waals surface area contributed by atoms with Crippen molar-refractivity contribution in [3.8, 4) is 11.1 Å². The smallest absolute Gasteiger partial charge is 0.407 e. The molecule has 2 aliphatic rings. The molecular formula is C25H28N2O5. The van der Waals surface area contributed by atoms with Crippen molar-refractivity contribution in [3.63, 3.8) is 0 Å². The zero-order chi connectivity index (χ0) is 22.7. The van der Waals surface area contributed by atoms with Gasteiger partial charge in [0.1, 0.15) is 19.2 Å². The molecule has 32 heavy (non-hydrogen) atoms. The number of aliphatic carboxylic acids is 1. The summed E-state index contributed by atoms with van der Waals surface area (Å²) in [4.78, 5) is 38.0. The average molecular weight is 437 g/mol. The van der Waals surface area contributed by atoms with E-state index in [-0.39, 0.29) is 25.1 Å². The van der Waals surface area contributed by atoms with Crippen LogP contribution in [0, 0.1) is 0 Å². The van der Waals surface area contributed by atoms with E-state index in [1.807, 2.05) is 36.4 Å². The van der Waals surface area contributed by atoms with Crippen LogP contribution in [0.15, 0.2) is 48.5 Å². The van der Waals surface area contributed by atoms with E-state index in [0.29, 0.717) is 0 Å². The second kappa shape index (κ2) is 9.42. The number of carboxylic acids is 1. The molecule has 0 heterocycles. The quantitative estimate of drug-likeness (QED) is 0.689. The van der Waals surface area contributed by atoms with Crippen LogP contribution in [0.2, 0.25) is 0 Å². The van der Waals surface area contributed by atoms with Crippen LogP contribution in [-0.4, -0.2) is 53.2 Å². The average Bonchev–Trinajstić information content (AvgIpc) is 3.42. The maximum atomic E-state index is 12.9. The van der Waals surface area contributed by atoms with Gasteiger partial charge < -0.3 is 20.1 Å². The number of amides is 2. The van der Waals surface area contributed by atoms with E-state index in [0.717, 1.165) is 47.9 Å². The third-order valence-corrected chi connectivity index (χ3v) is 6.40. The number of carboxylic acid groups (broad SMARTS) is 1. The van der Waals surface area contributed by atoms with Crippen LogP contribution in [-0.2, 0) is 14.3 Å². The van der Waals surface area contributed by atoms with Crippen molar-refractivity contribution in [2.24, 2.45) is 0 Å². The van der Waals surface area contributed by atoms with Crippen molar-refractivity contribution in [1.29, 1.82) is 0 Å². The van der Waals surface area contributed by atoms with Crippen molar-refractivity contribution in [1.82, 2.24) is 10.2 Å². The molecule has 0 aliphatic heterocycles. The highest BCUT2D eigenvalue weighted by Gasteiger charge is 2.33. The van der Waals surface area contributed by atoms with Crippen LogP contribution in [0.3, 0.4) is 0 Å². The van der Waals surface area contributed by atoms with E-state index >= 15 is 0 Å². The lowest BCUT2D eigenvalue weighted by Crippen LogP contribution is -2.51. The van der Waals surface area contributed by atoms with Gasteiger partial charge in [-0.25, -0.2) is 4.79 Å². The molecule has 1 saturated carbocycles. The summed E-state index contributed by atoms with van der Waals surface area (Å²) in [6.07, 6.45) is 2.84. The summed E-state index contributed by atoms with van der Waals surface area (Å²) >= 11 is 0. The number of carbonyl (C=O) groups is 3. The van der Waals surface area contributed by atoms with Crippen LogP contribution < -0.4 is 5.32 Å². The van der Waals surface area contributed by atoms with E-state index in [1.54, 1.807) is 6.92 Å². The van der Waals surface area contributed by atoms with Gasteiger partial charge in [-0.2, -0.15) is 0 Å². The lowest BCUT2D eigenvalue weighted by atomic mass is 9.98. The van der Waals surface area contributed by atoms with Gasteiger partial charge in [-0.1, -0.05) is 61.4 Å². The molecule has 2 aliphatic carbocycles. The largest absolute Gasteiger partial charge is 0.480 e. The van der Waals surface area contributed by atoms with Crippen molar-refractivity contribution in [2.45, 2.75) is 50.6 Å². The van der Waals surface area contributed by atoms with E-state index in [9.17, 15) is 19.5 Å². The summed E-state index contributed by atoms with van der Waals surface area (Å²) in [6.45, 7) is 1.36. The van der Waals surface area contributed by atoms with E-state index < -0.39 is 24.0 Å². The van der Waals surface area contributed by atoms with E-state index in [4.69, 9.17) is 4.74 Å². The number of nitrogens with zero attached hydrogens (tertiary/aromatic N) is 1. The molecule has 1 fully saturated rings. The molecule has 2 aromatic carbocycles. The fraction of sp³-hybridized carbons (Fsp3) is 0.400. The van der Waals surface area contributed by atoms with Crippen LogP contribution >= 0.6 is 0 Å². The van der Waals surface area contributed by atoms with E-state index in [2.05, 4.69) is 17.4 Å². The van der Waals surface area contributed by atoms with Gasteiger partial charge >= 0.3 is 12.1 Å². The van der Waals surface area contributed by atoms with Gasteiger partial charge in [0.25, 0.3) is 0 Å². The maximum absolute atomic E-state index is 12.9. The molecule has 7 heteroatoms. The Morgan fingerprint density at radius 2 is 1.59 bits per heavy atom. The molecule has 0 radical (unpaired) electrons. The van der Waals surface area contributed by atoms with Crippen LogP contribution in [0.1, 0.15) is 49.7 Å². The number of ether oxygens (including phenoxy) is 1. The number of alkyl carbamates (subject to hydrolysis) is 1. The summed E-state index contributed by atoms with van der Waals surface area (Å²) in [5, 5.41) is 11.8. The summed E-state index contributed by atoms with van der Waals surface area (Å²) in [5.74, 6) is -1.52. The Hall–Kier alpha value is -3.35. The molecule has 2 aromatic rings. The highest BCUT2D eigenvalue weighted by molar-refractivity contribution is 5.88. The fourth-order valence-corrected chi connectivity index (χ4v) is 4.88. The van der Waals surface area contributed by atoms with E-state index in [1.165, 1.54) is 4.90 Å². The Bertz CT molecular complexity index is 969. The van der Waals surface area contributed by atoms with Crippen molar-refractivity contribution in [3.05, 3.63) is 59.7 Å². The zero-order valence-corrected chi connectivity index (χ0v) is 18.1. The first-order valence-electron chi connectivity index (χ1n) is 11.1. The molecular weight excluding hydrogens is 408 g/mol. The highest BCUT2D eigenvalue weighted by atomic mass is 16.5. The molecule has 1 atom stereocenters. The minimum absolute atomic E-state index is 0.0684. The predicted molar refractivity (Wildman–Crippen MR) is 119 cm³/mol. The van der Waals surface area contributed by atoms with Crippen LogP contribution in [0.25, 0.3) is 11.1 Å². The number of hydrogen-bond acceptors (Lipinski definition) is 4. The summed E-state index contributed by atoms with van der Waals surface area (Å²) in [5.41, 5.74) is 4.50. The Labute approximate surface area is 187 Å². The molecule has 0 aromatic heterocycles. The minimum atomic E-state index is -1.06. The monoisotopic (exact) mass is 436 g/mol. The number of rotatable bonds is 7. The fourth-order valence-electron chi connectivity index (χ4n) is 4.88. The SMILES string of the molecule is C[C@H](NC(=O)OCC1c2ccccc2-c2ccccc21)C(=O)N(CC(=O)O)C1CCCC1. The first-order valence-corrected chi connectivity index (χ1v) is 11.1. The maximum Gasteiger partial charge on any atom is 0.407 e. The molecule has 0 unspecified atom stereocenters. The second-order valence-electron chi connectivity index (χ2n) is 8.49. The number of fused-ring (bicyclic) bond motifs is 3. The number of hydrogen-bond donors (Lipinski definition) is 2. The molecule has 0 bridgehead atoms. The molecule has 7 nitrogen and oxygen atoms in total. The molecule has 0 spiro atoms. The topological polar surface area (TPSA) is 95.9 Å². The first kappa shape index (κ1) is 21.9. The second-order valence-corrected chi connectivity index (χ2v) is 8.49. The summed E-state index contributed by atoms with van der Waals surface area (Å²) in [7, 11) is 0. The van der Waals surface area contributed by atoms with Crippen LogP contribution in [0.4, 0.5) is 4.79 Å². The zero-order valence-electron chi connectivity index (χ0n) is 18.1. The summed E-state index contributed by atoms with van der Waals surface area (Å²) in [6, 6.07) is 15.2. The third kappa shape index (κ3) is 4.47. The van der Waals surface area contributed by atoms with Gasteiger partial charge in [0, 0.05) is 12.0 Å². The van der Waals surface area contributed by atoms with Crippen molar-refractivity contribution >= 4 is 18.0 Å². The Balaban J connectivity index is 1.38. The van der Waals surface area contributed by atoms with Crippen molar-refractivity contribution in [2.75, 3.05) is 13.2 Å². The standard InChI is InChI=1S/C25H28N2O5/c1-16(24(30)27(14-23(28)29)17-8-2-3-9-17)26-25(31)32-15-22-20-12-6-4-10-18(20)19-11-5-7-13-21(19)22/h4-7,10-13,16-17,22H,2-3,8-9,14-15H2,1H3,(H,26,31)(H,28,29)/t16-/m0/s1. The van der Waals surface area contributed by atoms with Gasteiger partial charge in [0.05, 0.1) is 0 Å². The molecule has 4 rings (SSSR count). The number of benzene rings is 2.